The Kier molecular flexibility index (Phi) is 6.37. The van der Waals surface area contributed by atoms with Crippen LogP contribution in [0, 0.1) is 0 Å². The van der Waals surface area contributed by atoms with E-state index >= 15 is 0 Å². The summed E-state index contributed by atoms with van der Waals surface area (Å²) in [5, 5.41) is 0. The van der Waals surface area contributed by atoms with Crippen LogP contribution in [0.15, 0.2) is 42.5 Å². The molecule has 2 aromatic rings. The van der Waals surface area contributed by atoms with Gasteiger partial charge in [-0.05, 0) is 42.3 Å². The van der Waals surface area contributed by atoms with Crippen molar-refractivity contribution in [2.24, 2.45) is 0 Å². The summed E-state index contributed by atoms with van der Waals surface area (Å²) in [5.41, 5.74) is 0.940. The number of benzene rings is 1. The van der Waals surface area contributed by atoms with Crippen LogP contribution in [0.1, 0.15) is 27.0 Å². The van der Waals surface area contributed by atoms with E-state index in [4.69, 9.17) is 9.47 Å². The normalized spacial score (nSPS) is 11.0. The predicted molar refractivity (Wildman–Crippen MR) is 90.9 cm³/mol. The molecule has 0 aliphatic carbocycles. The Labute approximate surface area is 135 Å². The number of thiophene rings is 1. The smallest absolute Gasteiger partial charge is 0.195 e. The van der Waals surface area contributed by atoms with Gasteiger partial charge >= 0.3 is 0 Å². The van der Waals surface area contributed by atoms with Crippen LogP contribution in [-0.2, 0) is 11.2 Å². The Balaban J connectivity index is 1.99. The summed E-state index contributed by atoms with van der Waals surface area (Å²) in [7, 11) is 1.64. The molecule has 1 aromatic carbocycles. The molecule has 4 heteroatoms. The molecule has 116 valence electrons. The van der Waals surface area contributed by atoms with Crippen LogP contribution < -0.4 is 4.74 Å². The number of ketones is 1. The maximum atomic E-state index is 12.1. The van der Waals surface area contributed by atoms with Crippen LogP contribution in [0.25, 0.3) is 6.08 Å². The molecule has 0 unspecified atom stereocenters. The Morgan fingerprint density at radius 3 is 2.82 bits per heavy atom. The molecular weight excluding hydrogens is 296 g/mol. The fourth-order valence-electron chi connectivity index (χ4n) is 1.91. The SMILES string of the molecule is CCc1ccc(C(=O)/C=C/c2cccc(OCCOC)c2)s1. The van der Waals surface area contributed by atoms with E-state index in [-0.39, 0.29) is 5.78 Å². The Morgan fingerprint density at radius 1 is 1.23 bits per heavy atom. The highest BCUT2D eigenvalue weighted by molar-refractivity contribution is 7.14. The summed E-state index contributed by atoms with van der Waals surface area (Å²) in [5.74, 6) is 0.812. The second kappa shape index (κ2) is 8.51. The first-order chi connectivity index (χ1) is 10.7. The number of methoxy groups -OCH3 is 1. The number of aryl methyl sites for hydroxylation is 1. The number of carbonyl (C=O) groups is 1. The molecule has 0 spiro atoms. The zero-order valence-electron chi connectivity index (χ0n) is 12.9. The molecule has 3 nitrogen and oxygen atoms in total. The van der Waals surface area contributed by atoms with E-state index in [0.29, 0.717) is 13.2 Å². The van der Waals surface area contributed by atoms with Gasteiger partial charge in [-0.2, -0.15) is 0 Å². The fraction of sp³-hybridized carbons (Fsp3) is 0.278. The van der Waals surface area contributed by atoms with Crippen molar-refractivity contribution in [3.05, 3.63) is 57.8 Å². The lowest BCUT2D eigenvalue weighted by Gasteiger charge is -2.05. The monoisotopic (exact) mass is 316 g/mol. The van der Waals surface area contributed by atoms with Crippen molar-refractivity contribution in [1.82, 2.24) is 0 Å². The molecule has 0 aliphatic heterocycles. The van der Waals surface area contributed by atoms with Crippen LogP contribution in [0.4, 0.5) is 0 Å². The van der Waals surface area contributed by atoms with Gasteiger partial charge in [0.25, 0.3) is 0 Å². The minimum Gasteiger partial charge on any atom is -0.491 e. The van der Waals surface area contributed by atoms with E-state index in [9.17, 15) is 4.79 Å². The van der Waals surface area contributed by atoms with Gasteiger partial charge in [0.1, 0.15) is 12.4 Å². The molecule has 0 saturated carbocycles. The molecule has 0 fully saturated rings. The molecule has 0 atom stereocenters. The largest absolute Gasteiger partial charge is 0.491 e. The minimum atomic E-state index is 0.0374. The van der Waals surface area contributed by atoms with Crippen LogP contribution >= 0.6 is 11.3 Å². The lowest BCUT2D eigenvalue weighted by molar-refractivity contribution is 0.105. The Morgan fingerprint density at radius 2 is 2.09 bits per heavy atom. The third-order valence-electron chi connectivity index (χ3n) is 3.09. The van der Waals surface area contributed by atoms with E-state index in [1.54, 1.807) is 24.5 Å². The number of hydrogen-bond acceptors (Lipinski definition) is 4. The summed E-state index contributed by atoms with van der Waals surface area (Å²) >= 11 is 1.55. The molecular formula is C18H20O3S. The molecule has 1 aromatic heterocycles. The van der Waals surface area contributed by atoms with Gasteiger partial charge in [-0.15, -0.1) is 11.3 Å². The lowest BCUT2D eigenvalue weighted by atomic mass is 10.2. The molecule has 22 heavy (non-hydrogen) atoms. The molecule has 0 saturated heterocycles. The summed E-state index contributed by atoms with van der Waals surface area (Å²) in [4.78, 5) is 14.1. The Hall–Kier alpha value is -1.91. The number of ether oxygens (including phenoxy) is 2. The van der Waals surface area contributed by atoms with Crippen molar-refractivity contribution in [2.45, 2.75) is 13.3 Å². The van der Waals surface area contributed by atoms with Crippen molar-refractivity contribution in [3.8, 4) is 5.75 Å². The van der Waals surface area contributed by atoms with Crippen molar-refractivity contribution < 1.29 is 14.3 Å². The maximum absolute atomic E-state index is 12.1. The highest BCUT2D eigenvalue weighted by atomic mass is 32.1. The summed E-state index contributed by atoms with van der Waals surface area (Å²) < 4.78 is 10.5. The van der Waals surface area contributed by atoms with E-state index in [1.165, 1.54) is 4.88 Å². The average molecular weight is 316 g/mol. The number of carbonyl (C=O) groups excluding carboxylic acids is 1. The van der Waals surface area contributed by atoms with Crippen molar-refractivity contribution in [2.75, 3.05) is 20.3 Å². The van der Waals surface area contributed by atoms with Crippen LogP contribution in [0.5, 0.6) is 5.75 Å². The third-order valence-corrected chi connectivity index (χ3v) is 4.34. The first-order valence-corrected chi connectivity index (χ1v) is 8.07. The van der Waals surface area contributed by atoms with Gasteiger partial charge in [-0.25, -0.2) is 0 Å². The van der Waals surface area contributed by atoms with Crippen LogP contribution in [0.3, 0.4) is 0 Å². The van der Waals surface area contributed by atoms with Gasteiger partial charge in [0.05, 0.1) is 11.5 Å². The van der Waals surface area contributed by atoms with E-state index in [1.807, 2.05) is 42.5 Å². The van der Waals surface area contributed by atoms with E-state index in [0.717, 1.165) is 22.6 Å². The Bertz CT molecular complexity index is 643. The number of rotatable bonds is 8. The molecule has 0 radical (unpaired) electrons. The van der Waals surface area contributed by atoms with E-state index < -0.39 is 0 Å². The summed E-state index contributed by atoms with van der Waals surface area (Å²) in [6, 6.07) is 11.6. The zero-order chi connectivity index (χ0) is 15.8. The van der Waals surface area contributed by atoms with Gasteiger partial charge in [-0.3, -0.25) is 4.79 Å². The zero-order valence-corrected chi connectivity index (χ0v) is 13.7. The average Bonchev–Trinajstić information content (AvgIpc) is 3.02. The molecule has 0 bridgehead atoms. The molecule has 0 aliphatic rings. The van der Waals surface area contributed by atoms with Crippen LogP contribution in [0.2, 0.25) is 0 Å². The standard InChI is InChI=1S/C18H20O3S/c1-3-16-8-10-18(22-16)17(19)9-7-14-5-4-6-15(13-14)21-12-11-20-2/h4-10,13H,3,11-12H2,1-2H3/b9-7+. The van der Waals surface area contributed by atoms with Gasteiger partial charge in [0.15, 0.2) is 5.78 Å². The van der Waals surface area contributed by atoms with E-state index in [2.05, 4.69) is 6.92 Å². The number of allylic oxidation sites excluding steroid dienone is 1. The third kappa shape index (κ3) is 4.83. The second-order valence-corrected chi connectivity index (χ2v) is 5.90. The van der Waals surface area contributed by atoms with Crippen molar-refractivity contribution in [1.29, 1.82) is 0 Å². The first-order valence-electron chi connectivity index (χ1n) is 7.26. The van der Waals surface area contributed by atoms with Crippen molar-refractivity contribution in [3.63, 3.8) is 0 Å². The molecule has 1 heterocycles. The van der Waals surface area contributed by atoms with Gasteiger partial charge in [0.2, 0.25) is 0 Å². The summed E-state index contributed by atoms with van der Waals surface area (Å²) in [6.45, 7) is 3.15. The topological polar surface area (TPSA) is 35.5 Å². The second-order valence-electron chi connectivity index (χ2n) is 4.73. The van der Waals surface area contributed by atoms with Gasteiger partial charge in [0, 0.05) is 12.0 Å². The molecule has 0 N–H and O–H groups in total. The highest BCUT2D eigenvalue weighted by Crippen LogP contribution is 2.19. The summed E-state index contributed by atoms with van der Waals surface area (Å²) in [6.07, 6.45) is 4.39. The molecule has 2 rings (SSSR count). The highest BCUT2D eigenvalue weighted by Gasteiger charge is 2.05. The van der Waals surface area contributed by atoms with Crippen molar-refractivity contribution >= 4 is 23.2 Å². The first kappa shape index (κ1) is 16.5. The van der Waals surface area contributed by atoms with Crippen LogP contribution in [-0.4, -0.2) is 26.1 Å². The van der Waals surface area contributed by atoms with Gasteiger partial charge < -0.3 is 9.47 Å². The predicted octanol–water partition coefficient (Wildman–Crippen LogP) is 4.23. The number of hydrogen-bond donors (Lipinski definition) is 0. The quantitative estimate of drug-likeness (QED) is 0.415. The van der Waals surface area contributed by atoms with Gasteiger partial charge in [-0.1, -0.05) is 25.1 Å². The minimum absolute atomic E-state index is 0.0374. The fourth-order valence-corrected chi connectivity index (χ4v) is 2.77. The lowest BCUT2D eigenvalue weighted by Crippen LogP contribution is -2.04. The maximum Gasteiger partial charge on any atom is 0.195 e. The molecule has 0 amide bonds.